The molecule has 2 rings (SSSR count). The van der Waals surface area contributed by atoms with E-state index in [9.17, 15) is 9.18 Å². The molecule has 0 amide bonds. The molecule has 0 spiro atoms. The molecule has 0 aromatic heterocycles. The van der Waals surface area contributed by atoms with E-state index in [-0.39, 0.29) is 17.4 Å². The summed E-state index contributed by atoms with van der Waals surface area (Å²) < 4.78 is 13.2. The van der Waals surface area contributed by atoms with Crippen LogP contribution >= 0.6 is 0 Å². The van der Waals surface area contributed by atoms with Crippen LogP contribution in [0.4, 0.5) is 4.39 Å². The highest BCUT2D eigenvalue weighted by molar-refractivity contribution is 5.70. The van der Waals surface area contributed by atoms with Crippen molar-refractivity contribution in [3.63, 3.8) is 0 Å². The molecule has 0 radical (unpaired) electrons. The van der Waals surface area contributed by atoms with E-state index in [1.54, 1.807) is 6.07 Å². The zero-order valence-electron chi connectivity index (χ0n) is 11.1. The standard InChI is InChI=1S/C15H17FN2O2/c16-14-5-4-10(6-12(14)7-17)8-18-9-11-2-1-3-13(11)15(19)20/h4-6,11,13,18H,1-3,8-9H2,(H,19,20). The fraction of sp³-hybridized carbons (Fsp3) is 0.467. The van der Waals surface area contributed by atoms with Gasteiger partial charge in [0, 0.05) is 6.54 Å². The van der Waals surface area contributed by atoms with Crippen LogP contribution in [0, 0.1) is 29.0 Å². The summed E-state index contributed by atoms with van der Waals surface area (Å²) >= 11 is 0. The molecule has 106 valence electrons. The normalized spacial score (nSPS) is 21.6. The summed E-state index contributed by atoms with van der Waals surface area (Å²) in [6.45, 7) is 1.15. The van der Waals surface area contributed by atoms with Crippen molar-refractivity contribution in [1.29, 1.82) is 5.26 Å². The van der Waals surface area contributed by atoms with Gasteiger partial charge in [0.05, 0.1) is 11.5 Å². The van der Waals surface area contributed by atoms with Gasteiger partial charge in [-0.25, -0.2) is 4.39 Å². The number of rotatable bonds is 5. The van der Waals surface area contributed by atoms with Crippen molar-refractivity contribution in [3.05, 3.63) is 35.1 Å². The monoisotopic (exact) mass is 276 g/mol. The number of halogens is 1. The Balaban J connectivity index is 1.87. The van der Waals surface area contributed by atoms with Crippen LogP contribution in [0.2, 0.25) is 0 Å². The van der Waals surface area contributed by atoms with Gasteiger partial charge in [0.2, 0.25) is 0 Å². The van der Waals surface area contributed by atoms with E-state index in [1.165, 1.54) is 12.1 Å². The molecular formula is C15H17FN2O2. The first kappa shape index (κ1) is 14.5. The van der Waals surface area contributed by atoms with Crippen LogP contribution in [0.25, 0.3) is 0 Å². The van der Waals surface area contributed by atoms with Crippen molar-refractivity contribution < 1.29 is 14.3 Å². The fourth-order valence-corrected chi connectivity index (χ4v) is 2.78. The zero-order chi connectivity index (χ0) is 14.5. The van der Waals surface area contributed by atoms with E-state index in [4.69, 9.17) is 10.4 Å². The molecule has 2 N–H and O–H groups in total. The molecular weight excluding hydrogens is 259 g/mol. The Bertz CT molecular complexity index is 539. The summed E-state index contributed by atoms with van der Waals surface area (Å²) in [5.41, 5.74) is 0.862. The smallest absolute Gasteiger partial charge is 0.306 e. The highest BCUT2D eigenvalue weighted by atomic mass is 19.1. The lowest BCUT2D eigenvalue weighted by Crippen LogP contribution is -2.28. The quantitative estimate of drug-likeness (QED) is 0.865. The molecule has 0 heterocycles. The second kappa shape index (κ2) is 6.49. The maximum Gasteiger partial charge on any atom is 0.306 e. The van der Waals surface area contributed by atoms with Crippen LogP contribution in [0.3, 0.4) is 0 Å². The van der Waals surface area contributed by atoms with Gasteiger partial charge in [-0.15, -0.1) is 0 Å². The summed E-state index contributed by atoms with van der Waals surface area (Å²) in [6, 6.07) is 6.24. The van der Waals surface area contributed by atoms with Crippen molar-refractivity contribution in [2.24, 2.45) is 11.8 Å². The summed E-state index contributed by atoms with van der Waals surface area (Å²) in [5.74, 6) is -1.34. The molecule has 1 aromatic carbocycles. The fourth-order valence-electron chi connectivity index (χ4n) is 2.78. The van der Waals surface area contributed by atoms with Gasteiger partial charge in [-0.05, 0) is 43.0 Å². The molecule has 0 aliphatic heterocycles. The Morgan fingerprint density at radius 3 is 3.00 bits per heavy atom. The van der Waals surface area contributed by atoms with E-state index < -0.39 is 11.8 Å². The van der Waals surface area contributed by atoms with Crippen LogP contribution < -0.4 is 5.32 Å². The second-order valence-electron chi connectivity index (χ2n) is 5.19. The van der Waals surface area contributed by atoms with Crippen LogP contribution in [0.15, 0.2) is 18.2 Å². The van der Waals surface area contributed by atoms with Crippen LogP contribution in [-0.2, 0) is 11.3 Å². The molecule has 1 saturated carbocycles. The Labute approximate surface area is 117 Å². The Kier molecular flexibility index (Phi) is 4.70. The Morgan fingerprint density at radius 1 is 1.50 bits per heavy atom. The van der Waals surface area contributed by atoms with E-state index >= 15 is 0 Å². The van der Waals surface area contributed by atoms with Crippen LogP contribution in [0.1, 0.15) is 30.4 Å². The third kappa shape index (κ3) is 3.34. The maximum absolute atomic E-state index is 13.2. The lowest BCUT2D eigenvalue weighted by Gasteiger charge is -2.16. The van der Waals surface area contributed by atoms with Crippen molar-refractivity contribution >= 4 is 5.97 Å². The number of hydrogen-bond donors (Lipinski definition) is 2. The van der Waals surface area contributed by atoms with E-state index in [2.05, 4.69) is 5.32 Å². The summed E-state index contributed by atoms with van der Waals surface area (Å²) in [4.78, 5) is 11.1. The molecule has 5 heteroatoms. The molecule has 1 aliphatic carbocycles. The molecule has 2 atom stereocenters. The minimum atomic E-state index is -0.720. The van der Waals surface area contributed by atoms with Crippen molar-refractivity contribution in [1.82, 2.24) is 5.32 Å². The third-order valence-corrected chi connectivity index (χ3v) is 3.86. The van der Waals surface area contributed by atoms with E-state index in [1.807, 2.05) is 6.07 Å². The average Bonchev–Trinajstić information content (AvgIpc) is 2.89. The number of nitriles is 1. The van der Waals surface area contributed by atoms with Crippen molar-refractivity contribution in [3.8, 4) is 6.07 Å². The first-order valence-corrected chi connectivity index (χ1v) is 6.74. The van der Waals surface area contributed by atoms with Gasteiger partial charge in [0.25, 0.3) is 0 Å². The van der Waals surface area contributed by atoms with Gasteiger partial charge in [0.15, 0.2) is 0 Å². The minimum Gasteiger partial charge on any atom is -0.481 e. The predicted octanol–water partition coefficient (Wildman–Crippen LogP) is 2.29. The Hall–Kier alpha value is -1.93. The number of carboxylic acid groups (broad SMARTS) is 1. The topological polar surface area (TPSA) is 73.1 Å². The number of benzene rings is 1. The highest BCUT2D eigenvalue weighted by Gasteiger charge is 2.32. The lowest BCUT2D eigenvalue weighted by molar-refractivity contribution is -0.142. The number of aliphatic carboxylic acids is 1. The summed E-state index contributed by atoms with van der Waals surface area (Å²) in [6.07, 6.45) is 2.63. The van der Waals surface area contributed by atoms with Gasteiger partial charge in [-0.2, -0.15) is 5.26 Å². The maximum atomic E-state index is 13.2. The van der Waals surface area contributed by atoms with Gasteiger partial charge < -0.3 is 10.4 Å². The van der Waals surface area contributed by atoms with Crippen molar-refractivity contribution in [2.75, 3.05) is 6.54 Å². The molecule has 0 saturated heterocycles. The third-order valence-electron chi connectivity index (χ3n) is 3.86. The number of hydrogen-bond acceptors (Lipinski definition) is 3. The first-order chi connectivity index (χ1) is 9.61. The predicted molar refractivity (Wildman–Crippen MR) is 71.3 cm³/mol. The van der Waals surface area contributed by atoms with Crippen LogP contribution in [-0.4, -0.2) is 17.6 Å². The van der Waals surface area contributed by atoms with Gasteiger partial charge in [-0.1, -0.05) is 12.5 Å². The molecule has 20 heavy (non-hydrogen) atoms. The number of carbonyl (C=O) groups is 1. The van der Waals surface area contributed by atoms with Gasteiger partial charge in [0.1, 0.15) is 11.9 Å². The number of nitrogens with zero attached hydrogens (tertiary/aromatic N) is 1. The Morgan fingerprint density at radius 2 is 2.30 bits per heavy atom. The van der Waals surface area contributed by atoms with Crippen LogP contribution in [0.5, 0.6) is 0 Å². The average molecular weight is 276 g/mol. The number of nitrogens with one attached hydrogen (secondary N) is 1. The van der Waals surface area contributed by atoms with Gasteiger partial charge in [-0.3, -0.25) is 4.79 Å². The molecule has 1 fully saturated rings. The first-order valence-electron chi connectivity index (χ1n) is 6.74. The molecule has 1 aromatic rings. The molecule has 4 nitrogen and oxygen atoms in total. The van der Waals surface area contributed by atoms with Crippen molar-refractivity contribution in [2.45, 2.75) is 25.8 Å². The molecule has 1 aliphatic rings. The largest absolute Gasteiger partial charge is 0.481 e. The minimum absolute atomic E-state index is 0.0357. The molecule has 2 unspecified atom stereocenters. The van der Waals surface area contributed by atoms with E-state index in [0.717, 1.165) is 24.8 Å². The second-order valence-corrected chi connectivity index (χ2v) is 5.19. The van der Waals surface area contributed by atoms with E-state index in [0.29, 0.717) is 13.1 Å². The highest BCUT2D eigenvalue weighted by Crippen LogP contribution is 2.31. The number of carboxylic acids is 1. The zero-order valence-corrected chi connectivity index (χ0v) is 11.1. The molecule has 0 bridgehead atoms. The summed E-state index contributed by atoms with van der Waals surface area (Å²) in [5, 5.41) is 21.1. The van der Waals surface area contributed by atoms with Gasteiger partial charge >= 0.3 is 5.97 Å². The summed E-state index contributed by atoms with van der Waals surface area (Å²) in [7, 11) is 0. The SMILES string of the molecule is N#Cc1cc(CNCC2CCCC2C(=O)O)ccc1F. The lowest BCUT2D eigenvalue weighted by atomic mass is 9.96.